The van der Waals surface area contributed by atoms with Crippen molar-refractivity contribution in [3.05, 3.63) is 84.4 Å². The number of ether oxygens (including phenoxy) is 2. The number of hydrogen-bond donors (Lipinski definition) is 0. The number of methoxy groups -OCH3 is 1. The second-order valence-electron chi connectivity index (χ2n) is 6.42. The SMILES string of the molecule is COc1ccc(-c2nc(C(F)F)oc2-c2ccc(OCc3ccccc3)cc2)cn1. The van der Waals surface area contributed by atoms with Crippen LogP contribution in [0.5, 0.6) is 11.6 Å². The van der Waals surface area contributed by atoms with E-state index in [1.807, 2.05) is 30.3 Å². The summed E-state index contributed by atoms with van der Waals surface area (Å²) in [5.41, 5.74) is 2.49. The number of rotatable bonds is 7. The van der Waals surface area contributed by atoms with Crippen LogP contribution in [0.3, 0.4) is 0 Å². The number of pyridine rings is 1. The number of halogens is 2. The fourth-order valence-corrected chi connectivity index (χ4v) is 2.91. The van der Waals surface area contributed by atoms with Gasteiger partial charge in [0.05, 0.1) is 7.11 Å². The van der Waals surface area contributed by atoms with Gasteiger partial charge in [-0.05, 0) is 35.9 Å². The minimum atomic E-state index is -2.82. The third kappa shape index (κ3) is 4.30. The zero-order chi connectivity index (χ0) is 20.9. The average molecular weight is 408 g/mol. The van der Waals surface area contributed by atoms with Gasteiger partial charge in [0, 0.05) is 23.4 Å². The summed E-state index contributed by atoms with van der Waals surface area (Å²) in [6.07, 6.45) is -1.32. The number of benzene rings is 2. The molecule has 0 N–H and O–H groups in total. The molecule has 0 unspecified atom stereocenters. The Morgan fingerprint density at radius 1 is 0.933 bits per heavy atom. The number of nitrogens with zero attached hydrogens (tertiary/aromatic N) is 2. The van der Waals surface area contributed by atoms with Crippen molar-refractivity contribution in [2.45, 2.75) is 13.0 Å². The Morgan fingerprint density at radius 3 is 2.30 bits per heavy atom. The summed E-state index contributed by atoms with van der Waals surface area (Å²) < 4.78 is 42.6. The Bertz CT molecular complexity index is 1100. The molecule has 0 atom stereocenters. The summed E-state index contributed by atoms with van der Waals surface area (Å²) in [6.45, 7) is 0.431. The van der Waals surface area contributed by atoms with Crippen molar-refractivity contribution in [2.75, 3.05) is 7.11 Å². The monoisotopic (exact) mass is 408 g/mol. The van der Waals surface area contributed by atoms with Crippen LogP contribution in [0, 0.1) is 0 Å². The van der Waals surface area contributed by atoms with Crippen LogP contribution in [0.1, 0.15) is 17.9 Å². The smallest absolute Gasteiger partial charge is 0.313 e. The highest BCUT2D eigenvalue weighted by Gasteiger charge is 2.22. The van der Waals surface area contributed by atoms with Crippen molar-refractivity contribution in [3.63, 3.8) is 0 Å². The van der Waals surface area contributed by atoms with Gasteiger partial charge in [0.2, 0.25) is 5.88 Å². The number of oxazole rings is 1. The van der Waals surface area contributed by atoms with Gasteiger partial charge in [-0.25, -0.2) is 9.97 Å². The van der Waals surface area contributed by atoms with Crippen molar-refractivity contribution in [1.82, 2.24) is 9.97 Å². The standard InChI is InChI=1S/C23H18F2N2O3/c1-28-19-12-9-17(13-26-19)20-21(30-23(27-20)22(24)25)16-7-10-18(11-8-16)29-14-15-5-3-2-4-6-15/h2-13,22H,14H2,1H3. The van der Waals surface area contributed by atoms with E-state index in [-0.39, 0.29) is 5.76 Å². The third-order valence-electron chi connectivity index (χ3n) is 4.41. The molecule has 5 nitrogen and oxygen atoms in total. The van der Waals surface area contributed by atoms with E-state index in [0.29, 0.717) is 35.1 Å². The van der Waals surface area contributed by atoms with Gasteiger partial charge in [-0.1, -0.05) is 30.3 Å². The molecule has 0 bridgehead atoms. The van der Waals surface area contributed by atoms with Gasteiger partial charge in [-0.2, -0.15) is 8.78 Å². The molecule has 2 aromatic heterocycles. The molecule has 0 aliphatic rings. The zero-order valence-electron chi connectivity index (χ0n) is 16.1. The fourth-order valence-electron chi connectivity index (χ4n) is 2.91. The summed E-state index contributed by atoms with van der Waals surface area (Å²) in [6, 6.07) is 20.1. The van der Waals surface area contributed by atoms with Gasteiger partial charge in [-0.3, -0.25) is 0 Å². The first-order valence-electron chi connectivity index (χ1n) is 9.20. The summed E-state index contributed by atoms with van der Waals surface area (Å²) in [7, 11) is 1.50. The lowest BCUT2D eigenvalue weighted by Crippen LogP contribution is -1.94. The van der Waals surface area contributed by atoms with E-state index in [1.54, 1.807) is 36.4 Å². The second-order valence-corrected chi connectivity index (χ2v) is 6.42. The molecule has 152 valence electrons. The van der Waals surface area contributed by atoms with E-state index in [0.717, 1.165) is 5.56 Å². The quantitative estimate of drug-likeness (QED) is 0.379. The van der Waals surface area contributed by atoms with Crippen LogP contribution in [0.4, 0.5) is 8.78 Å². The first-order valence-corrected chi connectivity index (χ1v) is 9.20. The highest BCUT2D eigenvalue weighted by atomic mass is 19.3. The molecule has 0 aliphatic carbocycles. The molecule has 0 aliphatic heterocycles. The Morgan fingerprint density at radius 2 is 1.67 bits per heavy atom. The molecule has 0 amide bonds. The molecule has 0 fully saturated rings. The Hall–Kier alpha value is -3.74. The maximum atomic E-state index is 13.2. The zero-order valence-corrected chi connectivity index (χ0v) is 16.1. The van der Waals surface area contributed by atoms with Gasteiger partial charge in [0.25, 0.3) is 5.89 Å². The summed E-state index contributed by atoms with van der Waals surface area (Å²) >= 11 is 0. The van der Waals surface area contributed by atoms with E-state index in [1.165, 1.54) is 13.3 Å². The normalized spacial score (nSPS) is 10.9. The molecule has 30 heavy (non-hydrogen) atoms. The summed E-state index contributed by atoms with van der Waals surface area (Å²) in [5.74, 6) is 0.675. The Kier molecular flexibility index (Phi) is 5.70. The van der Waals surface area contributed by atoms with Crippen LogP contribution in [0.25, 0.3) is 22.6 Å². The van der Waals surface area contributed by atoms with E-state index >= 15 is 0 Å². The molecular formula is C23H18F2N2O3. The lowest BCUT2D eigenvalue weighted by atomic mass is 10.1. The predicted octanol–water partition coefficient (Wildman–Crippen LogP) is 5.93. The van der Waals surface area contributed by atoms with Gasteiger partial charge >= 0.3 is 6.43 Å². The van der Waals surface area contributed by atoms with E-state index in [2.05, 4.69) is 9.97 Å². The van der Waals surface area contributed by atoms with Crippen LogP contribution in [-0.2, 0) is 6.61 Å². The van der Waals surface area contributed by atoms with Crippen LogP contribution in [0.15, 0.2) is 77.3 Å². The van der Waals surface area contributed by atoms with E-state index < -0.39 is 12.3 Å². The van der Waals surface area contributed by atoms with Crippen LogP contribution < -0.4 is 9.47 Å². The van der Waals surface area contributed by atoms with Crippen molar-refractivity contribution in [2.24, 2.45) is 0 Å². The van der Waals surface area contributed by atoms with Gasteiger partial charge in [0.1, 0.15) is 18.1 Å². The third-order valence-corrected chi connectivity index (χ3v) is 4.41. The molecular weight excluding hydrogens is 390 g/mol. The largest absolute Gasteiger partial charge is 0.489 e. The lowest BCUT2D eigenvalue weighted by molar-refractivity contribution is 0.116. The molecule has 0 radical (unpaired) electrons. The minimum absolute atomic E-state index is 0.242. The van der Waals surface area contributed by atoms with Crippen molar-refractivity contribution in [1.29, 1.82) is 0 Å². The van der Waals surface area contributed by atoms with Crippen molar-refractivity contribution in [3.8, 4) is 34.2 Å². The Balaban J connectivity index is 1.60. The maximum Gasteiger partial charge on any atom is 0.313 e. The summed E-state index contributed by atoms with van der Waals surface area (Å²) in [5, 5.41) is 0. The Labute approximate surface area is 171 Å². The topological polar surface area (TPSA) is 57.4 Å². The summed E-state index contributed by atoms with van der Waals surface area (Å²) in [4.78, 5) is 8.10. The maximum absolute atomic E-state index is 13.2. The molecule has 4 aromatic rings. The first-order chi connectivity index (χ1) is 14.6. The number of aromatic nitrogens is 2. The van der Waals surface area contributed by atoms with Gasteiger partial charge in [0.15, 0.2) is 5.76 Å². The molecule has 4 rings (SSSR count). The first kappa shape index (κ1) is 19.6. The second kappa shape index (κ2) is 8.73. The van der Waals surface area contributed by atoms with Gasteiger partial charge < -0.3 is 13.9 Å². The van der Waals surface area contributed by atoms with E-state index in [9.17, 15) is 8.78 Å². The van der Waals surface area contributed by atoms with E-state index in [4.69, 9.17) is 13.9 Å². The van der Waals surface area contributed by atoms with Crippen LogP contribution in [0.2, 0.25) is 0 Å². The molecule has 0 spiro atoms. The molecule has 2 heterocycles. The van der Waals surface area contributed by atoms with Crippen molar-refractivity contribution < 1.29 is 22.7 Å². The van der Waals surface area contributed by atoms with Crippen LogP contribution >= 0.6 is 0 Å². The van der Waals surface area contributed by atoms with Crippen molar-refractivity contribution >= 4 is 0 Å². The average Bonchev–Trinajstić information content (AvgIpc) is 3.25. The lowest BCUT2D eigenvalue weighted by Gasteiger charge is -2.07. The fraction of sp³-hybridized carbons (Fsp3) is 0.130. The molecule has 0 saturated carbocycles. The molecule has 0 saturated heterocycles. The highest BCUT2D eigenvalue weighted by Crippen LogP contribution is 2.36. The minimum Gasteiger partial charge on any atom is -0.489 e. The number of alkyl halides is 2. The number of hydrogen-bond acceptors (Lipinski definition) is 5. The molecule has 2 aromatic carbocycles. The highest BCUT2D eigenvalue weighted by molar-refractivity contribution is 5.76. The van der Waals surface area contributed by atoms with Crippen LogP contribution in [-0.4, -0.2) is 17.1 Å². The van der Waals surface area contributed by atoms with Gasteiger partial charge in [-0.15, -0.1) is 0 Å². The predicted molar refractivity (Wildman–Crippen MR) is 107 cm³/mol. The molecule has 7 heteroatoms.